The summed E-state index contributed by atoms with van der Waals surface area (Å²) in [6.45, 7) is 0. The van der Waals surface area contributed by atoms with Crippen molar-refractivity contribution in [3.63, 3.8) is 0 Å². The summed E-state index contributed by atoms with van der Waals surface area (Å²) >= 11 is 0. The van der Waals surface area contributed by atoms with Gasteiger partial charge in [0.2, 0.25) is 17.4 Å². The van der Waals surface area contributed by atoms with Crippen LogP contribution < -0.4 is 18.9 Å². The molecule has 0 bridgehead atoms. The number of ketones is 1. The van der Waals surface area contributed by atoms with Crippen molar-refractivity contribution < 1.29 is 33.3 Å². The zero-order chi connectivity index (χ0) is 22.1. The monoisotopic (exact) mass is 424 g/mol. The van der Waals surface area contributed by atoms with E-state index in [0.717, 1.165) is 0 Å². The summed E-state index contributed by atoms with van der Waals surface area (Å²) in [4.78, 5) is 17.7. The van der Waals surface area contributed by atoms with Crippen molar-refractivity contribution in [2.24, 2.45) is 0 Å². The van der Waals surface area contributed by atoms with E-state index in [0.29, 0.717) is 22.6 Å². The van der Waals surface area contributed by atoms with Crippen molar-refractivity contribution in [3.8, 4) is 34.6 Å². The summed E-state index contributed by atoms with van der Waals surface area (Å²) in [5, 5.41) is 11.0. The van der Waals surface area contributed by atoms with Crippen molar-refractivity contribution in [3.05, 3.63) is 54.1 Å². The van der Waals surface area contributed by atoms with Crippen LogP contribution in [0.15, 0.2) is 47.4 Å². The first-order valence-electron chi connectivity index (χ1n) is 9.19. The van der Waals surface area contributed by atoms with Crippen molar-refractivity contribution >= 4 is 16.8 Å². The molecule has 0 saturated carbocycles. The van der Waals surface area contributed by atoms with Gasteiger partial charge in [0.05, 0.1) is 34.0 Å². The number of methoxy groups -OCH3 is 4. The second-order valence-corrected chi connectivity index (χ2v) is 6.49. The molecule has 0 fully saturated rings. The molecule has 0 aliphatic carbocycles. The quantitative estimate of drug-likeness (QED) is 0.449. The molecule has 9 heteroatoms. The number of aromatic hydroxyl groups is 1. The average molecular weight is 424 g/mol. The van der Waals surface area contributed by atoms with Gasteiger partial charge in [-0.1, -0.05) is 0 Å². The molecule has 0 atom stereocenters. The van der Waals surface area contributed by atoms with Gasteiger partial charge in [-0.05, 0) is 24.3 Å². The normalized spacial score (nSPS) is 10.8. The van der Waals surface area contributed by atoms with Crippen LogP contribution in [-0.4, -0.2) is 48.9 Å². The summed E-state index contributed by atoms with van der Waals surface area (Å²) in [6.07, 6.45) is 4.69. The predicted octanol–water partition coefficient (Wildman–Crippen LogP) is 3.59. The second kappa shape index (κ2) is 7.94. The number of phenolic OH excluding ortho intramolecular Hbond substituents is 1. The van der Waals surface area contributed by atoms with Gasteiger partial charge in [-0.3, -0.25) is 9.36 Å². The molecular weight excluding hydrogens is 404 g/mol. The number of ether oxygens (including phenoxy) is 4. The Morgan fingerprint density at radius 3 is 2.23 bits per heavy atom. The van der Waals surface area contributed by atoms with Crippen LogP contribution in [0.3, 0.4) is 0 Å². The summed E-state index contributed by atoms with van der Waals surface area (Å²) in [6, 6.07) is 6.34. The van der Waals surface area contributed by atoms with Crippen LogP contribution in [0.1, 0.15) is 15.9 Å². The molecule has 4 aromatic rings. The zero-order valence-corrected chi connectivity index (χ0v) is 17.3. The molecule has 0 amide bonds. The molecule has 0 saturated heterocycles. The molecule has 31 heavy (non-hydrogen) atoms. The molecule has 0 aliphatic heterocycles. The second-order valence-electron chi connectivity index (χ2n) is 6.49. The fourth-order valence-electron chi connectivity index (χ4n) is 3.42. The Morgan fingerprint density at radius 2 is 1.68 bits per heavy atom. The highest BCUT2D eigenvalue weighted by molar-refractivity contribution is 6.19. The third-order valence-electron chi connectivity index (χ3n) is 4.89. The minimum atomic E-state index is -0.369. The first kappa shape index (κ1) is 20.1. The number of aromatic nitrogens is 2. The van der Waals surface area contributed by atoms with Crippen LogP contribution >= 0.6 is 0 Å². The maximum atomic E-state index is 13.7. The van der Waals surface area contributed by atoms with Gasteiger partial charge in [0.15, 0.2) is 28.6 Å². The molecule has 0 spiro atoms. The Hall–Kier alpha value is -4.14. The van der Waals surface area contributed by atoms with Crippen LogP contribution in [0.4, 0.5) is 0 Å². The van der Waals surface area contributed by atoms with Gasteiger partial charge in [-0.15, -0.1) is 0 Å². The summed E-state index contributed by atoms with van der Waals surface area (Å²) < 4.78 is 28.7. The van der Waals surface area contributed by atoms with Gasteiger partial charge in [-0.2, -0.15) is 0 Å². The van der Waals surface area contributed by atoms with Crippen molar-refractivity contribution in [2.45, 2.75) is 0 Å². The van der Waals surface area contributed by atoms with Crippen LogP contribution in [0, 0.1) is 0 Å². The summed E-state index contributed by atoms with van der Waals surface area (Å²) in [5.41, 5.74) is 0.646. The number of hydrogen-bond acceptors (Lipinski definition) is 8. The fourth-order valence-corrected chi connectivity index (χ4v) is 3.42. The number of carbonyl (C=O) groups excluding carboxylic acids is 1. The minimum absolute atomic E-state index is 0.124. The van der Waals surface area contributed by atoms with E-state index in [1.165, 1.54) is 34.8 Å². The lowest BCUT2D eigenvalue weighted by atomic mass is 10.0. The molecule has 4 rings (SSSR count). The number of fused-ring (bicyclic) bond motifs is 1. The lowest BCUT2D eigenvalue weighted by Crippen LogP contribution is -2.07. The fraction of sp³-hybridized carbons (Fsp3) is 0.182. The summed E-state index contributed by atoms with van der Waals surface area (Å²) in [5.74, 6) is 0.908. The van der Waals surface area contributed by atoms with Gasteiger partial charge < -0.3 is 28.5 Å². The van der Waals surface area contributed by atoms with Crippen molar-refractivity contribution in [1.29, 1.82) is 0 Å². The highest BCUT2D eigenvalue weighted by atomic mass is 16.5. The van der Waals surface area contributed by atoms with Gasteiger partial charge in [0.1, 0.15) is 6.33 Å². The van der Waals surface area contributed by atoms with E-state index >= 15 is 0 Å². The predicted molar refractivity (Wildman–Crippen MR) is 111 cm³/mol. The molecule has 0 unspecified atom stereocenters. The Labute approximate surface area is 177 Å². The number of phenols is 1. The van der Waals surface area contributed by atoms with Gasteiger partial charge >= 0.3 is 0 Å². The molecule has 9 nitrogen and oxygen atoms in total. The highest BCUT2D eigenvalue weighted by Crippen LogP contribution is 2.43. The molecular formula is C22H20N2O7. The Morgan fingerprint density at radius 1 is 1.00 bits per heavy atom. The lowest BCUT2D eigenvalue weighted by Gasteiger charge is -2.14. The Kier molecular flexibility index (Phi) is 5.16. The van der Waals surface area contributed by atoms with E-state index in [1.807, 2.05) is 0 Å². The Balaban J connectivity index is 1.98. The largest absolute Gasteiger partial charge is 0.502 e. The van der Waals surface area contributed by atoms with Crippen LogP contribution in [-0.2, 0) is 0 Å². The number of imidazole rings is 1. The maximum Gasteiger partial charge on any atom is 0.217 e. The highest BCUT2D eigenvalue weighted by Gasteiger charge is 2.28. The van der Waals surface area contributed by atoms with E-state index in [1.54, 1.807) is 41.2 Å². The molecule has 160 valence electrons. The van der Waals surface area contributed by atoms with Gasteiger partial charge in [0, 0.05) is 23.3 Å². The smallest absolute Gasteiger partial charge is 0.217 e. The first-order valence-corrected chi connectivity index (χ1v) is 9.19. The molecule has 2 aromatic heterocycles. The number of rotatable bonds is 7. The number of hydrogen-bond donors (Lipinski definition) is 1. The molecule has 2 aromatic carbocycles. The van der Waals surface area contributed by atoms with Gasteiger partial charge in [-0.25, -0.2) is 4.98 Å². The van der Waals surface area contributed by atoms with E-state index < -0.39 is 0 Å². The third-order valence-corrected chi connectivity index (χ3v) is 4.89. The first-order chi connectivity index (χ1) is 15.0. The van der Waals surface area contributed by atoms with E-state index in [9.17, 15) is 9.90 Å². The van der Waals surface area contributed by atoms with E-state index in [4.69, 9.17) is 23.4 Å². The summed E-state index contributed by atoms with van der Waals surface area (Å²) in [7, 11) is 5.86. The van der Waals surface area contributed by atoms with Crippen molar-refractivity contribution in [1.82, 2.24) is 9.55 Å². The standard InChI is InChI=1S/C22H20N2O7/c1-27-14-6-5-13-17(22(24-8-7-23-11-24)31-20(13)19(14)26)18(25)12-9-15(28-2)21(30-4)16(10-12)29-3/h5-11,26H,1-4H3. The Bertz CT molecular complexity index is 1230. The third kappa shape index (κ3) is 3.20. The molecule has 0 aliphatic rings. The zero-order valence-electron chi connectivity index (χ0n) is 17.3. The average Bonchev–Trinajstić information content (AvgIpc) is 3.46. The van der Waals surface area contributed by atoms with E-state index in [2.05, 4.69) is 4.98 Å². The van der Waals surface area contributed by atoms with Crippen LogP contribution in [0.2, 0.25) is 0 Å². The molecule has 1 N–H and O–H groups in total. The van der Waals surface area contributed by atoms with E-state index in [-0.39, 0.29) is 39.9 Å². The molecule has 0 radical (unpaired) electrons. The number of nitrogens with zero attached hydrogens (tertiary/aromatic N) is 2. The lowest BCUT2D eigenvalue weighted by molar-refractivity contribution is 0.103. The SMILES string of the molecule is COc1cc(C(=O)c2c(-n3ccnc3)oc3c(O)c(OC)ccc23)cc(OC)c1OC. The van der Waals surface area contributed by atoms with Gasteiger partial charge in [0.25, 0.3) is 0 Å². The van der Waals surface area contributed by atoms with Crippen LogP contribution in [0.5, 0.6) is 28.7 Å². The van der Waals surface area contributed by atoms with Crippen LogP contribution in [0.25, 0.3) is 16.9 Å². The number of benzene rings is 2. The number of furan rings is 1. The van der Waals surface area contributed by atoms with Crippen molar-refractivity contribution in [2.75, 3.05) is 28.4 Å². The minimum Gasteiger partial charge on any atom is -0.502 e. The maximum absolute atomic E-state index is 13.7. The number of carbonyl (C=O) groups is 1. The molecule has 2 heterocycles. The topological polar surface area (TPSA) is 105 Å².